The van der Waals surface area contributed by atoms with E-state index in [0.717, 1.165) is 5.56 Å². The molecule has 0 aromatic heterocycles. The number of aliphatic carboxylic acids is 1. The molecule has 27 heavy (non-hydrogen) atoms. The third kappa shape index (κ3) is 5.79. The molecule has 0 saturated carbocycles. The molecule has 2 N–H and O–H groups in total. The van der Waals surface area contributed by atoms with Gasteiger partial charge < -0.3 is 24.6 Å². The number of halogens is 1. The Balaban J connectivity index is 2.16. The van der Waals surface area contributed by atoms with Crippen molar-refractivity contribution in [2.45, 2.75) is 19.1 Å². The van der Waals surface area contributed by atoms with E-state index in [2.05, 4.69) is 5.32 Å². The molecule has 0 saturated heterocycles. The van der Waals surface area contributed by atoms with Crippen molar-refractivity contribution in [2.24, 2.45) is 0 Å². The van der Waals surface area contributed by atoms with Crippen molar-refractivity contribution in [3.63, 3.8) is 0 Å². The molecule has 2 aromatic rings. The summed E-state index contributed by atoms with van der Waals surface area (Å²) in [6, 6.07) is 11.4. The van der Waals surface area contributed by atoms with Crippen molar-refractivity contribution in [2.75, 3.05) is 14.2 Å². The van der Waals surface area contributed by atoms with Crippen LogP contribution in [0, 0.1) is 0 Å². The summed E-state index contributed by atoms with van der Waals surface area (Å²) in [5.41, 5.74) is 1.27. The third-order valence-electron chi connectivity index (χ3n) is 3.74. The molecule has 1 atom stereocenters. The van der Waals surface area contributed by atoms with Crippen molar-refractivity contribution >= 4 is 23.7 Å². The second-order valence-corrected chi connectivity index (χ2v) is 6.00. The molecule has 0 heterocycles. The highest BCUT2D eigenvalue weighted by atomic mass is 35.5. The van der Waals surface area contributed by atoms with Gasteiger partial charge in [-0.05, 0) is 23.3 Å². The molecule has 0 aliphatic rings. The topological polar surface area (TPSA) is 94.1 Å². The number of amides is 1. The van der Waals surface area contributed by atoms with Crippen LogP contribution in [0.25, 0.3) is 0 Å². The minimum absolute atomic E-state index is 0.0686. The Morgan fingerprint density at radius 2 is 1.85 bits per heavy atom. The van der Waals surface area contributed by atoms with Gasteiger partial charge in [-0.25, -0.2) is 4.79 Å². The molecule has 0 spiro atoms. The number of carboxylic acids is 1. The maximum atomic E-state index is 12.1. The number of alkyl carbamates (subject to hydrolysis) is 1. The lowest BCUT2D eigenvalue weighted by atomic mass is 10.0. The van der Waals surface area contributed by atoms with Gasteiger partial charge in [0.15, 0.2) is 11.5 Å². The molecular weight excluding hydrogens is 374 g/mol. The van der Waals surface area contributed by atoms with Crippen LogP contribution in [0.5, 0.6) is 11.5 Å². The lowest BCUT2D eigenvalue weighted by molar-refractivity contribution is -0.137. The molecule has 2 aromatic carbocycles. The highest BCUT2D eigenvalue weighted by molar-refractivity contribution is 6.32. The van der Waals surface area contributed by atoms with E-state index in [1.54, 1.807) is 6.07 Å². The van der Waals surface area contributed by atoms with Crippen molar-refractivity contribution in [1.82, 2.24) is 5.32 Å². The van der Waals surface area contributed by atoms with Crippen molar-refractivity contribution < 1.29 is 28.9 Å². The minimum Gasteiger partial charge on any atom is -0.493 e. The van der Waals surface area contributed by atoms with Crippen molar-refractivity contribution in [3.8, 4) is 11.5 Å². The van der Waals surface area contributed by atoms with E-state index < -0.39 is 18.1 Å². The zero-order valence-corrected chi connectivity index (χ0v) is 15.7. The standard InChI is InChI=1S/C19H20ClNO6/c1-25-16-9-13(8-14(20)18(16)26-2)15(10-17(22)23)21-19(24)27-11-12-6-4-3-5-7-12/h3-9,15H,10-11H2,1-2H3,(H,21,24)(H,22,23)/t15-/m0/s1. The second-order valence-electron chi connectivity index (χ2n) is 5.59. The number of carboxylic acid groups (broad SMARTS) is 1. The summed E-state index contributed by atoms with van der Waals surface area (Å²) in [6.45, 7) is 0.0686. The second kappa shape index (κ2) is 9.68. The fourth-order valence-corrected chi connectivity index (χ4v) is 2.77. The first kappa shape index (κ1) is 20.4. The van der Waals surface area contributed by atoms with Crippen LogP contribution in [0.1, 0.15) is 23.6 Å². The molecule has 0 aliphatic heterocycles. The maximum Gasteiger partial charge on any atom is 0.407 e. The van der Waals surface area contributed by atoms with Gasteiger partial charge in [0.1, 0.15) is 6.61 Å². The summed E-state index contributed by atoms with van der Waals surface area (Å²) in [7, 11) is 2.88. The van der Waals surface area contributed by atoms with E-state index in [-0.39, 0.29) is 18.1 Å². The fourth-order valence-electron chi connectivity index (χ4n) is 2.47. The van der Waals surface area contributed by atoms with Crippen LogP contribution >= 0.6 is 11.6 Å². The average molecular weight is 394 g/mol. The summed E-state index contributed by atoms with van der Waals surface area (Å²) in [5, 5.41) is 12.0. The van der Waals surface area contributed by atoms with Gasteiger partial charge in [0, 0.05) is 0 Å². The van der Waals surface area contributed by atoms with Crippen LogP contribution in [0.3, 0.4) is 0 Å². The Kier molecular flexibility index (Phi) is 7.31. The quantitative estimate of drug-likeness (QED) is 0.708. The number of carbonyl (C=O) groups is 2. The van der Waals surface area contributed by atoms with Crippen LogP contribution < -0.4 is 14.8 Å². The summed E-state index contributed by atoms with van der Waals surface area (Å²) in [4.78, 5) is 23.4. The van der Waals surface area contributed by atoms with Crippen molar-refractivity contribution in [3.05, 3.63) is 58.6 Å². The largest absolute Gasteiger partial charge is 0.493 e. The Bertz CT molecular complexity index is 796. The van der Waals surface area contributed by atoms with E-state index in [1.165, 1.54) is 20.3 Å². The first-order valence-electron chi connectivity index (χ1n) is 8.05. The molecule has 0 bridgehead atoms. The Morgan fingerprint density at radius 3 is 2.44 bits per heavy atom. The van der Waals surface area contributed by atoms with Gasteiger partial charge in [0.25, 0.3) is 0 Å². The lowest BCUT2D eigenvalue weighted by Crippen LogP contribution is -2.30. The van der Waals surface area contributed by atoms with Crippen molar-refractivity contribution in [1.29, 1.82) is 0 Å². The van der Waals surface area contributed by atoms with Gasteiger partial charge in [-0.1, -0.05) is 41.9 Å². The van der Waals surface area contributed by atoms with Crippen LogP contribution in [0.4, 0.5) is 4.79 Å². The first-order chi connectivity index (χ1) is 12.9. The Hall–Kier alpha value is -2.93. The Labute approximate surface area is 161 Å². The van der Waals surface area contributed by atoms with E-state index in [9.17, 15) is 14.7 Å². The maximum absolute atomic E-state index is 12.1. The van der Waals surface area contributed by atoms with Crippen LogP contribution in [0.15, 0.2) is 42.5 Å². The predicted octanol–water partition coefficient (Wildman–Crippen LogP) is 3.80. The summed E-state index contributed by atoms with van der Waals surface area (Å²) in [6.07, 6.45) is -1.09. The highest BCUT2D eigenvalue weighted by Gasteiger charge is 2.22. The first-order valence-corrected chi connectivity index (χ1v) is 8.42. The third-order valence-corrected chi connectivity index (χ3v) is 4.02. The van der Waals surface area contributed by atoms with Gasteiger partial charge in [0.05, 0.1) is 31.7 Å². The summed E-state index contributed by atoms with van der Waals surface area (Å²) in [5.74, 6) is -0.437. The van der Waals surface area contributed by atoms with Gasteiger partial charge in [0.2, 0.25) is 0 Å². The molecule has 8 heteroatoms. The molecule has 0 unspecified atom stereocenters. The van der Waals surface area contributed by atoms with Gasteiger partial charge in [-0.2, -0.15) is 0 Å². The molecule has 0 aliphatic carbocycles. The average Bonchev–Trinajstić information content (AvgIpc) is 2.65. The molecule has 7 nitrogen and oxygen atoms in total. The summed E-state index contributed by atoms with van der Waals surface area (Å²) < 4.78 is 15.5. The minimum atomic E-state index is -1.09. The number of hydrogen-bond donors (Lipinski definition) is 2. The number of carbonyl (C=O) groups excluding carboxylic acids is 1. The number of hydrogen-bond acceptors (Lipinski definition) is 5. The number of rotatable bonds is 8. The number of benzene rings is 2. The highest BCUT2D eigenvalue weighted by Crippen LogP contribution is 2.38. The Morgan fingerprint density at radius 1 is 1.15 bits per heavy atom. The molecule has 0 fully saturated rings. The number of methoxy groups -OCH3 is 2. The smallest absolute Gasteiger partial charge is 0.407 e. The zero-order chi connectivity index (χ0) is 19.8. The van der Waals surface area contributed by atoms with Crippen LogP contribution in [-0.2, 0) is 16.1 Å². The molecular formula is C19H20ClNO6. The van der Waals surface area contributed by atoms with E-state index >= 15 is 0 Å². The van der Waals surface area contributed by atoms with Crippen LogP contribution in [-0.4, -0.2) is 31.4 Å². The SMILES string of the molecule is COc1cc([C@H](CC(=O)O)NC(=O)OCc2ccccc2)cc(Cl)c1OC. The predicted molar refractivity (Wildman–Crippen MR) is 99.3 cm³/mol. The number of ether oxygens (including phenoxy) is 3. The van der Waals surface area contributed by atoms with Gasteiger partial charge in [-0.15, -0.1) is 0 Å². The zero-order valence-electron chi connectivity index (χ0n) is 14.9. The molecule has 0 radical (unpaired) electrons. The van der Waals surface area contributed by atoms with E-state index in [4.69, 9.17) is 25.8 Å². The molecule has 2 rings (SSSR count). The van der Waals surface area contributed by atoms with Gasteiger partial charge in [-0.3, -0.25) is 4.79 Å². The fraction of sp³-hybridized carbons (Fsp3) is 0.263. The molecule has 1 amide bonds. The van der Waals surface area contributed by atoms with E-state index in [0.29, 0.717) is 17.1 Å². The number of nitrogens with one attached hydrogen (secondary N) is 1. The monoisotopic (exact) mass is 393 g/mol. The normalized spacial score (nSPS) is 11.4. The van der Waals surface area contributed by atoms with E-state index in [1.807, 2.05) is 30.3 Å². The molecule has 144 valence electrons. The van der Waals surface area contributed by atoms with Crippen LogP contribution in [0.2, 0.25) is 5.02 Å². The van der Waals surface area contributed by atoms with Gasteiger partial charge >= 0.3 is 12.1 Å². The summed E-state index contributed by atoms with van der Waals surface area (Å²) >= 11 is 6.18. The lowest BCUT2D eigenvalue weighted by Gasteiger charge is -2.19.